The number of rotatable bonds is 7. The van der Waals surface area contributed by atoms with Crippen LogP contribution in [0.25, 0.3) is 0 Å². The third-order valence-electron chi connectivity index (χ3n) is 3.99. The van der Waals surface area contributed by atoms with Crippen molar-refractivity contribution in [1.82, 2.24) is 20.0 Å². The third kappa shape index (κ3) is 5.29. The molecule has 0 bridgehead atoms. The highest BCUT2D eigenvalue weighted by Gasteiger charge is 2.26. The van der Waals surface area contributed by atoms with E-state index in [0.29, 0.717) is 32.7 Å². The lowest BCUT2D eigenvalue weighted by atomic mass is 10.1. The predicted octanol–water partition coefficient (Wildman–Crippen LogP) is 2.43. The van der Waals surface area contributed by atoms with E-state index < -0.39 is 5.97 Å². The molecule has 1 amide bonds. The molecule has 0 fully saturated rings. The number of thiophene rings is 1. The summed E-state index contributed by atoms with van der Waals surface area (Å²) in [5, 5.41) is 11.3. The van der Waals surface area contributed by atoms with Gasteiger partial charge in [-0.15, -0.1) is 11.3 Å². The van der Waals surface area contributed by atoms with Crippen LogP contribution in [0, 0.1) is 13.8 Å². The Hall–Kier alpha value is -2.46. The first kappa shape index (κ1) is 21.8. The van der Waals surface area contributed by atoms with Gasteiger partial charge in [-0.05, 0) is 44.1 Å². The number of esters is 1. The minimum atomic E-state index is -0.508. The van der Waals surface area contributed by atoms with Crippen molar-refractivity contribution in [2.24, 2.45) is 0 Å². The highest BCUT2D eigenvalue weighted by atomic mass is 32.1. The van der Waals surface area contributed by atoms with Crippen molar-refractivity contribution < 1.29 is 14.3 Å². The predicted molar refractivity (Wildman–Crippen MR) is 114 cm³/mol. The number of aryl methyl sites for hydroxylation is 2. The van der Waals surface area contributed by atoms with Gasteiger partial charge in [0.1, 0.15) is 5.00 Å². The van der Waals surface area contributed by atoms with Crippen LogP contribution in [0.15, 0.2) is 12.3 Å². The molecule has 0 aromatic carbocycles. The molecule has 2 aromatic heterocycles. The first-order chi connectivity index (χ1) is 13.2. The molecule has 0 aliphatic carbocycles. The molecule has 152 valence electrons. The lowest BCUT2D eigenvalue weighted by molar-refractivity contribution is 0.0601. The number of methoxy groups -OCH3 is 1. The van der Waals surface area contributed by atoms with Gasteiger partial charge in [0.25, 0.3) is 5.91 Å². The van der Waals surface area contributed by atoms with Crippen molar-refractivity contribution in [2.45, 2.75) is 26.8 Å². The molecule has 0 aliphatic rings. The topological polar surface area (TPSA) is 88.5 Å². The smallest absolute Gasteiger partial charge is 0.341 e. The monoisotopic (exact) mass is 423 g/mol. The van der Waals surface area contributed by atoms with E-state index in [4.69, 9.17) is 17.0 Å². The summed E-state index contributed by atoms with van der Waals surface area (Å²) in [4.78, 5) is 26.5. The van der Waals surface area contributed by atoms with Crippen molar-refractivity contribution in [1.29, 1.82) is 0 Å². The van der Waals surface area contributed by atoms with Gasteiger partial charge in [0, 0.05) is 33.4 Å². The second-order valence-corrected chi connectivity index (χ2v) is 7.83. The number of thiocarbonyl (C=S) groups is 1. The SMILES string of the molecule is COC(=O)c1c(NC(=S)NCCCn2ccc(C)n2)sc(C(=O)N(C)C)c1C. The maximum atomic E-state index is 12.4. The minimum Gasteiger partial charge on any atom is -0.465 e. The summed E-state index contributed by atoms with van der Waals surface area (Å²) in [7, 11) is 4.64. The Morgan fingerprint density at radius 2 is 2.07 bits per heavy atom. The van der Waals surface area contributed by atoms with Gasteiger partial charge in [-0.3, -0.25) is 9.48 Å². The lowest BCUT2D eigenvalue weighted by Crippen LogP contribution is -2.30. The van der Waals surface area contributed by atoms with Crippen molar-refractivity contribution in [2.75, 3.05) is 33.1 Å². The summed E-state index contributed by atoms with van der Waals surface area (Å²) in [5.41, 5.74) is 1.89. The van der Waals surface area contributed by atoms with Gasteiger partial charge in [-0.2, -0.15) is 5.10 Å². The highest BCUT2D eigenvalue weighted by Crippen LogP contribution is 2.34. The molecule has 0 saturated carbocycles. The number of carbonyl (C=O) groups excluding carboxylic acids is 2. The third-order valence-corrected chi connectivity index (χ3v) is 5.43. The van der Waals surface area contributed by atoms with Gasteiger partial charge in [0.2, 0.25) is 0 Å². The Labute approximate surface area is 173 Å². The Morgan fingerprint density at radius 3 is 2.64 bits per heavy atom. The van der Waals surface area contributed by atoms with E-state index in [1.54, 1.807) is 21.0 Å². The van der Waals surface area contributed by atoms with E-state index in [0.717, 1.165) is 18.7 Å². The number of nitrogens with one attached hydrogen (secondary N) is 2. The zero-order valence-corrected chi connectivity index (χ0v) is 18.3. The fraction of sp³-hybridized carbons (Fsp3) is 0.444. The van der Waals surface area contributed by atoms with Crippen LogP contribution in [0.1, 0.15) is 37.7 Å². The number of hydrogen-bond donors (Lipinski definition) is 2. The van der Waals surface area contributed by atoms with Crippen molar-refractivity contribution >= 4 is 45.5 Å². The van der Waals surface area contributed by atoms with Gasteiger partial charge in [0.15, 0.2) is 5.11 Å². The van der Waals surface area contributed by atoms with Gasteiger partial charge in [-0.1, -0.05) is 0 Å². The highest BCUT2D eigenvalue weighted by molar-refractivity contribution is 7.80. The number of carbonyl (C=O) groups is 2. The standard InChI is InChI=1S/C18H25N5O3S2/c1-11-7-10-23(21-11)9-6-8-19-18(27)20-15-13(17(25)26-5)12(2)14(28-15)16(24)22(3)4/h7,10H,6,8-9H2,1-5H3,(H2,19,20,27). The molecule has 0 spiro atoms. The summed E-state index contributed by atoms with van der Waals surface area (Å²) >= 11 is 6.53. The number of anilines is 1. The zero-order valence-electron chi connectivity index (χ0n) is 16.7. The van der Waals surface area contributed by atoms with E-state index in [9.17, 15) is 9.59 Å². The normalized spacial score (nSPS) is 10.5. The van der Waals surface area contributed by atoms with Crippen LogP contribution in [-0.4, -0.2) is 59.4 Å². The number of nitrogens with zero attached hydrogens (tertiary/aromatic N) is 3. The van der Waals surface area contributed by atoms with Crippen molar-refractivity contribution in [3.05, 3.63) is 34.0 Å². The molecule has 2 aromatic rings. The number of aromatic nitrogens is 2. The summed E-state index contributed by atoms with van der Waals surface area (Å²) in [5.74, 6) is -0.681. The quantitative estimate of drug-likeness (QED) is 0.402. The first-order valence-corrected chi connectivity index (χ1v) is 9.95. The van der Waals surface area contributed by atoms with Crippen LogP contribution in [0.2, 0.25) is 0 Å². The van der Waals surface area contributed by atoms with E-state index in [1.165, 1.54) is 23.3 Å². The molecule has 0 atom stereocenters. The van der Waals surface area contributed by atoms with Gasteiger partial charge in [0.05, 0.1) is 23.2 Å². The second-order valence-electron chi connectivity index (χ2n) is 6.41. The average Bonchev–Trinajstić information content (AvgIpc) is 3.20. The zero-order chi connectivity index (χ0) is 20.8. The van der Waals surface area contributed by atoms with Gasteiger partial charge >= 0.3 is 5.97 Å². The Balaban J connectivity index is 2.02. The fourth-order valence-electron chi connectivity index (χ4n) is 2.53. The van der Waals surface area contributed by atoms with Crippen molar-refractivity contribution in [3.63, 3.8) is 0 Å². The molecule has 0 saturated heterocycles. The lowest BCUT2D eigenvalue weighted by Gasteiger charge is -2.10. The molecular formula is C18H25N5O3S2. The summed E-state index contributed by atoms with van der Waals surface area (Å²) < 4.78 is 6.75. The molecule has 28 heavy (non-hydrogen) atoms. The summed E-state index contributed by atoms with van der Waals surface area (Å²) in [6.07, 6.45) is 2.77. The maximum absolute atomic E-state index is 12.4. The molecule has 2 rings (SSSR count). The average molecular weight is 424 g/mol. The molecule has 10 heteroatoms. The molecule has 0 unspecified atom stereocenters. The van der Waals surface area contributed by atoms with Gasteiger partial charge < -0.3 is 20.3 Å². The Kier molecular flexibility index (Phi) is 7.53. The van der Waals surface area contributed by atoms with Crippen LogP contribution in [-0.2, 0) is 11.3 Å². The van der Waals surface area contributed by atoms with Crippen LogP contribution < -0.4 is 10.6 Å². The molecular weight excluding hydrogens is 398 g/mol. The van der Waals surface area contributed by atoms with Crippen molar-refractivity contribution in [3.8, 4) is 0 Å². The van der Waals surface area contributed by atoms with E-state index >= 15 is 0 Å². The molecule has 0 aliphatic heterocycles. The Morgan fingerprint density at radius 1 is 1.36 bits per heavy atom. The van der Waals surface area contributed by atoms with E-state index in [2.05, 4.69) is 15.7 Å². The van der Waals surface area contributed by atoms with Crippen LogP contribution >= 0.6 is 23.6 Å². The molecule has 8 nitrogen and oxygen atoms in total. The molecule has 2 N–H and O–H groups in total. The summed E-state index contributed by atoms with van der Waals surface area (Å²) in [6, 6.07) is 1.96. The fourth-order valence-corrected chi connectivity index (χ4v) is 4.02. The van der Waals surface area contributed by atoms with Crippen LogP contribution in [0.5, 0.6) is 0 Å². The largest absolute Gasteiger partial charge is 0.465 e. The van der Waals surface area contributed by atoms with Crippen LogP contribution in [0.4, 0.5) is 5.00 Å². The molecule has 2 heterocycles. The first-order valence-electron chi connectivity index (χ1n) is 8.72. The second kappa shape index (κ2) is 9.65. The van der Waals surface area contributed by atoms with Gasteiger partial charge in [-0.25, -0.2) is 4.79 Å². The Bertz CT molecular complexity index is 873. The van der Waals surface area contributed by atoms with Crippen LogP contribution in [0.3, 0.4) is 0 Å². The minimum absolute atomic E-state index is 0.172. The molecule has 0 radical (unpaired) electrons. The number of hydrogen-bond acceptors (Lipinski definition) is 6. The number of ether oxygens (including phenoxy) is 1. The van der Waals surface area contributed by atoms with E-state index in [-0.39, 0.29) is 5.91 Å². The summed E-state index contributed by atoms with van der Waals surface area (Å²) in [6.45, 7) is 5.10. The maximum Gasteiger partial charge on any atom is 0.341 e. The number of amides is 1. The van der Waals surface area contributed by atoms with E-state index in [1.807, 2.05) is 23.9 Å².